The molecule has 240 valence electrons. The summed E-state index contributed by atoms with van der Waals surface area (Å²) in [6.07, 6.45) is 7.51. The van der Waals surface area contributed by atoms with Gasteiger partial charge in [-0.2, -0.15) is 25.3 Å². The number of fused-ring (bicyclic) bond motifs is 5. The first kappa shape index (κ1) is 33.5. The number of hydrogen-bond donors (Lipinski definition) is 3. The average molecular weight is 647 g/mol. The lowest BCUT2D eigenvalue weighted by Crippen LogP contribution is -2.59. The molecule has 41 heavy (non-hydrogen) atoms. The van der Waals surface area contributed by atoms with Crippen LogP contribution in [0.15, 0.2) is 0 Å². The third kappa shape index (κ3) is 7.83. The van der Waals surface area contributed by atoms with Gasteiger partial charge >= 0.3 is 31.2 Å². The molecule has 0 spiro atoms. The second kappa shape index (κ2) is 12.2. The highest BCUT2D eigenvalue weighted by atomic mass is 32.3. The highest BCUT2D eigenvalue weighted by molar-refractivity contribution is 7.81. The van der Waals surface area contributed by atoms with Gasteiger partial charge in [0.15, 0.2) is 0 Å². The maximum absolute atomic E-state index is 12.0. The maximum Gasteiger partial charge on any atom is 0.397 e. The van der Waals surface area contributed by atoms with Gasteiger partial charge in [0.25, 0.3) is 0 Å². The monoisotopic (exact) mass is 646 g/mol. The molecule has 0 aromatic carbocycles. The molecule has 15 heteroatoms. The van der Waals surface area contributed by atoms with Crippen LogP contribution in [-0.4, -0.2) is 57.7 Å². The van der Waals surface area contributed by atoms with Gasteiger partial charge in [-0.1, -0.05) is 40.0 Å². The Hall–Kier alpha value is -0.390. The first-order valence-electron chi connectivity index (χ1n) is 14.8. The lowest BCUT2D eigenvalue weighted by Gasteiger charge is -2.62. The summed E-state index contributed by atoms with van der Waals surface area (Å²) in [5.74, 6) is 1.05. The summed E-state index contributed by atoms with van der Waals surface area (Å²) in [6.45, 7) is 6.74. The quantitative estimate of drug-likeness (QED) is 0.197. The van der Waals surface area contributed by atoms with Crippen molar-refractivity contribution in [1.29, 1.82) is 0 Å². The van der Waals surface area contributed by atoms with Crippen LogP contribution < -0.4 is 0 Å². The van der Waals surface area contributed by atoms with Crippen LogP contribution in [0.4, 0.5) is 0 Å². The van der Waals surface area contributed by atoms with Crippen LogP contribution in [0.2, 0.25) is 0 Å². The van der Waals surface area contributed by atoms with Crippen molar-refractivity contribution in [3.8, 4) is 0 Å². The Morgan fingerprint density at radius 3 is 2.02 bits per heavy atom. The van der Waals surface area contributed by atoms with Crippen LogP contribution in [0.3, 0.4) is 0 Å². The summed E-state index contributed by atoms with van der Waals surface area (Å²) in [4.78, 5) is 0. The van der Waals surface area contributed by atoms with Crippen LogP contribution in [-0.2, 0) is 43.7 Å². The van der Waals surface area contributed by atoms with E-state index in [1.165, 1.54) is 0 Å². The molecule has 4 saturated carbocycles. The van der Waals surface area contributed by atoms with Crippen molar-refractivity contribution in [2.24, 2.45) is 46.3 Å². The van der Waals surface area contributed by atoms with E-state index in [1.54, 1.807) is 0 Å². The molecule has 0 amide bonds. The van der Waals surface area contributed by atoms with Crippen LogP contribution in [0, 0.1) is 46.3 Å². The van der Waals surface area contributed by atoms with Crippen molar-refractivity contribution in [3.63, 3.8) is 0 Å². The minimum absolute atomic E-state index is 0.0238. The van der Waals surface area contributed by atoms with Gasteiger partial charge in [-0.05, 0) is 104 Å². The van der Waals surface area contributed by atoms with Crippen LogP contribution >= 0.6 is 0 Å². The molecule has 0 bridgehead atoms. The van der Waals surface area contributed by atoms with Gasteiger partial charge in [0.05, 0.1) is 18.8 Å². The van der Waals surface area contributed by atoms with Crippen molar-refractivity contribution in [2.45, 2.75) is 110 Å². The van der Waals surface area contributed by atoms with Crippen LogP contribution in [0.5, 0.6) is 0 Å². The number of hydrogen-bond acceptors (Lipinski definition) is 9. The third-order valence-electron chi connectivity index (χ3n) is 11.4. The Bertz CT molecular complexity index is 1250. The maximum atomic E-state index is 12.0. The fraction of sp³-hybridized carbons (Fsp3) is 1.00. The normalized spacial score (nSPS) is 40.4. The minimum atomic E-state index is -4.71. The van der Waals surface area contributed by atoms with Gasteiger partial charge < -0.3 is 0 Å². The van der Waals surface area contributed by atoms with E-state index in [2.05, 4.69) is 25.0 Å². The van der Waals surface area contributed by atoms with E-state index in [9.17, 15) is 34.4 Å². The molecular weight excluding hydrogens is 600 g/mol. The van der Waals surface area contributed by atoms with Crippen molar-refractivity contribution in [3.05, 3.63) is 0 Å². The van der Waals surface area contributed by atoms with E-state index in [4.69, 9.17) is 12.9 Å². The van der Waals surface area contributed by atoms with Gasteiger partial charge in [-0.15, -0.1) is 0 Å². The Morgan fingerprint density at radius 2 is 1.39 bits per heavy atom. The molecule has 0 saturated heterocycles. The zero-order chi connectivity index (χ0) is 30.4. The third-order valence-corrected chi connectivity index (χ3v) is 12.9. The summed E-state index contributed by atoms with van der Waals surface area (Å²) in [7, 11) is -13.7. The van der Waals surface area contributed by atoms with Crippen molar-refractivity contribution in [1.82, 2.24) is 0 Å². The second-order valence-corrected chi connectivity index (χ2v) is 16.7. The van der Waals surface area contributed by atoms with Gasteiger partial charge in [-0.25, -0.2) is 12.5 Å². The molecule has 0 unspecified atom stereocenters. The Kier molecular flexibility index (Phi) is 9.96. The first-order chi connectivity index (χ1) is 18.8. The Balaban J connectivity index is 1.48. The SMILES string of the molecule is C[C@H](CCCCCOS(=O)(=O)O)[C@H]1CC[C@H]2[C@@H]3[C@H](OS(=O)(=O)O)C[C@@H]4C[C@H](OS(=O)(=O)O)CC[C@]4(C)[C@H]3CC[C@]12C. The summed E-state index contributed by atoms with van der Waals surface area (Å²) >= 11 is 0. The van der Waals surface area contributed by atoms with Gasteiger partial charge in [0, 0.05) is 0 Å². The largest absolute Gasteiger partial charge is 0.397 e. The number of unbranched alkanes of at least 4 members (excludes halogenated alkanes) is 2. The molecule has 0 aromatic heterocycles. The molecule has 4 aliphatic rings. The summed E-state index contributed by atoms with van der Waals surface area (Å²) in [5.41, 5.74) is -0.193. The van der Waals surface area contributed by atoms with E-state index in [-0.39, 0.29) is 41.1 Å². The zero-order valence-electron chi connectivity index (χ0n) is 24.1. The van der Waals surface area contributed by atoms with E-state index < -0.39 is 43.4 Å². The molecule has 3 N–H and O–H groups in total. The van der Waals surface area contributed by atoms with Crippen LogP contribution in [0.1, 0.15) is 97.8 Å². The molecule has 0 aliphatic heterocycles. The highest BCUT2D eigenvalue weighted by Gasteiger charge is 2.64. The van der Waals surface area contributed by atoms with Gasteiger partial charge in [0.1, 0.15) is 0 Å². The van der Waals surface area contributed by atoms with Crippen LogP contribution in [0.25, 0.3) is 0 Å². The highest BCUT2D eigenvalue weighted by Crippen LogP contribution is 2.69. The number of rotatable bonds is 12. The summed E-state index contributed by atoms with van der Waals surface area (Å²) in [6, 6.07) is 0. The minimum Gasteiger partial charge on any atom is -0.264 e. The average Bonchev–Trinajstić information content (AvgIpc) is 3.16. The summed E-state index contributed by atoms with van der Waals surface area (Å²) < 4.78 is 111. The van der Waals surface area contributed by atoms with E-state index in [1.807, 2.05) is 0 Å². The lowest BCUT2D eigenvalue weighted by molar-refractivity contribution is -0.166. The summed E-state index contributed by atoms with van der Waals surface area (Å²) in [5, 5.41) is 0. The fourth-order valence-corrected chi connectivity index (χ4v) is 11.1. The molecule has 4 fully saturated rings. The standard InChI is InChI=1S/C26H46O12S3/c1-17(7-5-4-6-14-36-39(27,28)29)20-8-9-21-24-22(11-13-26(20,21)3)25(2)12-10-19(37-40(30,31)32)15-18(25)16-23(24)38-41(33,34)35/h17-24H,4-16H2,1-3H3,(H,27,28,29)(H,30,31,32)(H,33,34,35)/t17-,18+,19-,20-,21+,22+,23-,24+,25+,26-/m1/s1. The Morgan fingerprint density at radius 1 is 0.756 bits per heavy atom. The molecule has 0 heterocycles. The first-order valence-corrected chi connectivity index (χ1v) is 18.8. The second-order valence-electron chi connectivity index (χ2n) is 13.5. The predicted molar refractivity (Wildman–Crippen MR) is 149 cm³/mol. The van der Waals surface area contributed by atoms with Gasteiger partial charge in [-0.3, -0.25) is 13.7 Å². The molecule has 0 aromatic rings. The molecule has 4 rings (SSSR count). The lowest BCUT2D eigenvalue weighted by atomic mass is 9.43. The van der Waals surface area contributed by atoms with E-state index in [0.717, 1.165) is 44.9 Å². The molecule has 12 nitrogen and oxygen atoms in total. The molecular formula is C26H46O12S3. The Labute approximate surface area is 245 Å². The van der Waals surface area contributed by atoms with E-state index >= 15 is 0 Å². The topological polar surface area (TPSA) is 191 Å². The molecule has 0 radical (unpaired) electrons. The van der Waals surface area contributed by atoms with Crippen molar-refractivity contribution < 1.29 is 51.5 Å². The predicted octanol–water partition coefficient (Wildman–Crippen LogP) is 4.65. The van der Waals surface area contributed by atoms with Crippen molar-refractivity contribution in [2.75, 3.05) is 6.61 Å². The van der Waals surface area contributed by atoms with E-state index in [0.29, 0.717) is 43.9 Å². The molecule has 10 atom stereocenters. The van der Waals surface area contributed by atoms with Crippen molar-refractivity contribution >= 4 is 31.2 Å². The zero-order valence-corrected chi connectivity index (χ0v) is 26.5. The van der Waals surface area contributed by atoms with Gasteiger partial charge in [0.2, 0.25) is 0 Å². The fourth-order valence-electron chi connectivity index (χ4n) is 9.76. The molecule has 4 aliphatic carbocycles. The smallest absolute Gasteiger partial charge is 0.264 e.